The van der Waals surface area contributed by atoms with Crippen LogP contribution in [-0.2, 0) is 6.42 Å². The summed E-state index contributed by atoms with van der Waals surface area (Å²) in [5.74, 6) is 1.20. The minimum atomic E-state index is 0.442. The number of anilines is 1. The molecule has 3 rings (SSSR count). The molecule has 2 aromatic heterocycles. The summed E-state index contributed by atoms with van der Waals surface area (Å²) >= 11 is 1.72. The van der Waals surface area contributed by atoms with Crippen molar-refractivity contribution in [2.75, 3.05) is 5.73 Å². The molecule has 2 heterocycles. The smallest absolute Gasteiger partial charge is 0.186 e. The maximum absolute atomic E-state index is 6.00. The molecule has 0 radical (unpaired) electrons. The Balaban J connectivity index is 2.14. The van der Waals surface area contributed by atoms with Gasteiger partial charge in [-0.25, -0.2) is 0 Å². The summed E-state index contributed by atoms with van der Waals surface area (Å²) in [5, 5.41) is 3.94. The van der Waals surface area contributed by atoms with Gasteiger partial charge in [0.2, 0.25) is 0 Å². The first kappa shape index (κ1) is 12.9. The monoisotopic (exact) mass is 284 g/mol. The zero-order valence-electron chi connectivity index (χ0n) is 11.5. The van der Waals surface area contributed by atoms with Crippen LogP contribution in [0.5, 0.6) is 0 Å². The Labute approximate surface area is 122 Å². The van der Waals surface area contributed by atoms with Gasteiger partial charge in [0.1, 0.15) is 0 Å². The summed E-state index contributed by atoms with van der Waals surface area (Å²) in [6.07, 6.45) is 1.02. The van der Waals surface area contributed by atoms with E-state index < -0.39 is 0 Å². The minimum absolute atomic E-state index is 0.442. The molecule has 0 saturated heterocycles. The van der Waals surface area contributed by atoms with Gasteiger partial charge in [-0.05, 0) is 31.0 Å². The van der Waals surface area contributed by atoms with E-state index in [0.717, 1.165) is 28.2 Å². The van der Waals surface area contributed by atoms with Crippen molar-refractivity contribution in [3.05, 3.63) is 46.8 Å². The highest BCUT2D eigenvalue weighted by molar-refractivity contribution is 7.15. The topological polar surface area (TPSA) is 52.0 Å². The van der Waals surface area contributed by atoms with Crippen molar-refractivity contribution in [3.63, 3.8) is 0 Å². The molecule has 4 heteroatoms. The predicted octanol–water partition coefficient (Wildman–Crippen LogP) is 4.52. The lowest BCUT2D eigenvalue weighted by Crippen LogP contribution is -1.88. The number of nitrogens with zero attached hydrogens (tertiary/aromatic N) is 1. The third-order valence-corrected chi connectivity index (χ3v) is 4.49. The maximum atomic E-state index is 6.00. The van der Waals surface area contributed by atoms with Gasteiger partial charge >= 0.3 is 0 Å². The second kappa shape index (κ2) is 5.13. The number of rotatable bonds is 3. The highest BCUT2D eigenvalue weighted by atomic mass is 32.1. The van der Waals surface area contributed by atoms with Crippen LogP contribution in [0.4, 0.5) is 5.82 Å². The Morgan fingerprint density at radius 2 is 2.10 bits per heavy atom. The largest absolute Gasteiger partial charge is 0.380 e. The molecule has 2 N–H and O–H groups in total. The minimum Gasteiger partial charge on any atom is -0.380 e. The molecule has 0 bridgehead atoms. The molecule has 0 atom stereocenters. The molecule has 3 aromatic rings. The Bertz CT molecular complexity index is 743. The Morgan fingerprint density at radius 1 is 1.25 bits per heavy atom. The fraction of sp³-hybridized carbons (Fsp3) is 0.188. The highest BCUT2D eigenvalue weighted by Gasteiger charge is 2.19. The van der Waals surface area contributed by atoms with Crippen molar-refractivity contribution in [2.24, 2.45) is 0 Å². The lowest BCUT2D eigenvalue weighted by molar-refractivity contribution is 0.437. The van der Waals surface area contributed by atoms with Crippen LogP contribution >= 0.6 is 11.3 Å². The van der Waals surface area contributed by atoms with Crippen LogP contribution in [0.15, 0.2) is 40.9 Å². The average molecular weight is 284 g/mol. The van der Waals surface area contributed by atoms with E-state index >= 15 is 0 Å². The third kappa shape index (κ3) is 2.23. The number of nitrogen functional groups attached to an aromatic ring is 1. The molecule has 0 spiro atoms. The molecule has 0 aliphatic heterocycles. The van der Waals surface area contributed by atoms with Crippen LogP contribution in [0.2, 0.25) is 0 Å². The van der Waals surface area contributed by atoms with E-state index in [1.807, 2.05) is 12.1 Å². The molecule has 0 unspecified atom stereocenters. The van der Waals surface area contributed by atoms with E-state index in [0.29, 0.717) is 5.82 Å². The quantitative estimate of drug-likeness (QED) is 0.769. The maximum Gasteiger partial charge on any atom is 0.186 e. The summed E-state index contributed by atoms with van der Waals surface area (Å²) in [5.41, 5.74) is 9.12. The predicted molar refractivity (Wildman–Crippen MR) is 83.8 cm³/mol. The van der Waals surface area contributed by atoms with Crippen LogP contribution < -0.4 is 5.73 Å². The van der Waals surface area contributed by atoms with E-state index in [-0.39, 0.29) is 0 Å². The Morgan fingerprint density at radius 3 is 2.80 bits per heavy atom. The van der Waals surface area contributed by atoms with E-state index in [1.165, 1.54) is 10.4 Å². The second-order valence-corrected chi connectivity index (χ2v) is 5.93. The van der Waals surface area contributed by atoms with Gasteiger partial charge in [0.25, 0.3) is 0 Å². The first-order valence-corrected chi connectivity index (χ1v) is 7.42. The zero-order chi connectivity index (χ0) is 14.1. The van der Waals surface area contributed by atoms with Gasteiger partial charge in [-0.2, -0.15) is 0 Å². The number of aromatic nitrogens is 1. The summed E-state index contributed by atoms with van der Waals surface area (Å²) in [6, 6.07) is 12.4. The molecular formula is C16H16N2OS. The molecule has 20 heavy (non-hydrogen) atoms. The SMILES string of the molecule is CCc1ccc(-c2onc(N)c2-c2cccc(C)c2)s1. The third-order valence-electron chi connectivity index (χ3n) is 3.26. The number of hydrogen-bond acceptors (Lipinski definition) is 4. The van der Waals surface area contributed by atoms with Gasteiger partial charge in [0, 0.05) is 4.88 Å². The lowest BCUT2D eigenvalue weighted by atomic mass is 10.0. The number of aryl methyl sites for hydroxylation is 2. The van der Waals surface area contributed by atoms with Gasteiger partial charge in [-0.15, -0.1) is 11.3 Å². The summed E-state index contributed by atoms with van der Waals surface area (Å²) in [6.45, 7) is 4.21. The Kier molecular flexibility index (Phi) is 3.32. The average Bonchev–Trinajstić information content (AvgIpc) is 3.04. The molecule has 0 amide bonds. The Hall–Kier alpha value is -2.07. The summed E-state index contributed by atoms with van der Waals surface area (Å²) < 4.78 is 5.47. The fourth-order valence-corrected chi connectivity index (χ4v) is 3.17. The fourth-order valence-electron chi connectivity index (χ4n) is 2.24. The molecule has 0 aliphatic rings. The van der Waals surface area contributed by atoms with Gasteiger partial charge in [0.15, 0.2) is 11.6 Å². The second-order valence-electron chi connectivity index (χ2n) is 4.76. The van der Waals surface area contributed by atoms with E-state index in [4.69, 9.17) is 10.3 Å². The first-order valence-electron chi connectivity index (χ1n) is 6.60. The van der Waals surface area contributed by atoms with Gasteiger partial charge in [-0.3, -0.25) is 0 Å². The normalized spacial score (nSPS) is 10.9. The molecule has 0 aliphatic carbocycles. The molecule has 0 saturated carbocycles. The van der Waals surface area contributed by atoms with Crippen LogP contribution in [0.25, 0.3) is 21.8 Å². The summed E-state index contributed by atoms with van der Waals surface area (Å²) in [7, 11) is 0. The molecule has 1 aromatic carbocycles. The van der Waals surface area contributed by atoms with Crippen molar-refractivity contribution >= 4 is 17.2 Å². The number of benzene rings is 1. The van der Waals surface area contributed by atoms with Crippen LogP contribution in [0.1, 0.15) is 17.4 Å². The van der Waals surface area contributed by atoms with Crippen molar-refractivity contribution in [2.45, 2.75) is 20.3 Å². The summed E-state index contributed by atoms with van der Waals surface area (Å²) in [4.78, 5) is 2.40. The van der Waals surface area contributed by atoms with Crippen molar-refractivity contribution in [1.29, 1.82) is 0 Å². The number of nitrogens with two attached hydrogens (primary N) is 1. The highest BCUT2D eigenvalue weighted by Crippen LogP contribution is 2.39. The van der Waals surface area contributed by atoms with Crippen molar-refractivity contribution in [3.8, 4) is 21.8 Å². The molecule has 0 fully saturated rings. The van der Waals surface area contributed by atoms with Gasteiger partial charge in [0.05, 0.1) is 10.4 Å². The van der Waals surface area contributed by atoms with Crippen LogP contribution in [0.3, 0.4) is 0 Å². The van der Waals surface area contributed by atoms with Gasteiger partial charge in [-0.1, -0.05) is 41.9 Å². The van der Waals surface area contributed by atoms with Crippen molar-refractivity contribution < 1.29 is 4.52 Å². The first-order chi connectivity index (χ1) is 9.69. The number of hydrogen-bond donors (Lipinski definition) is 1. The van der Waals surface area contributed by atoms with Crippen LogP contribution in [0, 0.1) is 6.92 Å². The number of thiophene rings is 1. The van der Waals surface area contributed by atoms with E-state index in [2.05, 4.69) is 43.3 Å². The van der Waals surface area contributed by atoms with E-state index in [9.17, 15) is 0 Å². The molecule has 102 valence electrons. The lowest BCUT2D eigenvalue weighted by Gasteiger charge is -2.02. The van der Waals surface area contributed by atoms with Crippen molar-refractivity contribution in [1.82, 2.24) is 5.16 Å². The van der Waals surface area contributed by atoms with Gasteiger partial charge < -0.3 is 10.3 Å². The van der Waals surface area contributed by atoms with E-state index in [1.54, 1.807) is 11.3 Å². The molecular weight excluding hydrogens is 268 g/mol. The van der Waals surface area contributed by atoms with Crippen LogP contribution in [-0.4, -0.2) is 5.16 Å². The standard InChI is InChI=1S/C16H16N2OS/c1-3-12-7-8-13(20-12)15-14(16(17)18-19-15)11-6-4-5-10(2)9-11/h4-9H,3H2,1-2H3,(H2,17,18). The zero-order valence-corrected chi connectivity index (χ0v) is 12.3. The molecule has 3 nitrogen and oxygen atoms in total.